The van der Waals surface area contributed by atoms with E-state index in [1.165, 1.54) is 10.3 Å². The summed E-state index contributed by atoms with van der Waals surface area (Å²) in [4.78, 5) is 4.72. The Balaban J connectivity index is 1.77. The maximum atomic E-state index is 4.72. The van der Waals surface area contributed by atoms with Gasteiger partial charge >= 0.3 is 0 Å². The maximum Gasteiger partial charge on any atom is 0.111 e. The van der Waals surface area contributed by atoms with E-state index in [2.05, 4.69) is 61.6 Å². The molecule has 1 unspecified atom stereocenters. The largest absolute Gasteiger partial charge is 0.302 e. The van der Waals surface area contributed by atoms with Gasteiger partial charge in [-0.3, -0.25) is 0 Å². The molecule has 1 heterocycles. The van der Waals surface area contributed by atoms with Crippen LogP contribution in [-0.2, 0) is 0 Å². The van der Waals surface area contributed by atoms with Crippen molar-refractivity contribution < 1.29 is 0 Å². The van der Waals surface area contributed by atoms with Crippen molar-refractivity contribution in [2.24, 2.45) is 0 Å². The summed E-state index contributed by atoms with van der Waals surface area (Å²) in [5.74, 6) is 0. The van der Waals surface area contributed by atoms with Crippen LogP contribution in [0.1, 0.15) is 36.5 Å². The number of thiazole rings is 1. The summed E-state index contributed by atoms with van der Waals surface area (Å²) in [7, 11) is 0. The van der Waals surface area contributed by atoms with E-state index in [4.69, 9.17) is 4.98 Å². The highest BCUT2D eigenvalue weighted by Crippen LogP contribution is 2.27. The third-order valence-corrected chi connectivity index (χ3v) is 4.70. The minimum absolute atomic E-state index is 0.252. The summed E-state index contributed by atoms with van der Waals surface area (Å²) in [5.41, 5.74) is 2.40. The summed E-state index contributed by atoms with van der Waals surface area (Å²) in [6.07, 6.45) is 0. The molecule has 0 saturated heterocycles. The van der Waals surface area contributed by atoms with E-state index in [1.807, 2.05) is 12.1 Å². The van der Waals surface area contributed by atoms with Crippen molar-refractivity contribution in [3.63, 3.8) is 0 Å². The number of nitrogens with one attached hydrogen (secondary N) is 1. The van der Waals surface area contributed by atoms with Gasteiger partial charge in [0, 0.05) is 6.04 Å². The van der Waals surface area contributed by atoms with Crippen LogP contribution in [0.3, 0.4) is 0 Å². The smallest absolute Gasteiger partial charge is 0.111 e. The molecule has 2 nitrogen and oxygen atoms in total. The third kappa shape index (κ3) is 2.74. The SMILES string of the molecule is CC(N[C@@H](C)c1ccccc1)c1nc2ccccc2s1. The number of rotatable bonds is 4. The molecule has 0 amide bonds. The first kappa shape index (κ1) is 13.3. The molecule has 3 heteroatoms. The van der Waals surface area contributed by atoms with Crippen molar-refractivity contribution in [2.75, 3.05) is 0 Å². The van der Waals surface area contributed by atoms with Gasteiger partial charge in [0.25, 0.3) is 0 Å². The first-order chi connectivity index (χ1) is 9.74. The lowest BCUT2D eigenvalue weighted by atomic mass is 10.1. The zero-order chi connectivity index (χ0) is 13.9. The second-order valence-electron chi connectivity index (χ2n) is 5.04. The van der Waals surface area contributed by atoms with Gasteiger partial charge in [0.1, 0.15) is 5.01 Å². The van der Waals surface area contributed by atoms with Crippen molar-refractivity contribution in [1.82, 2.24) is 10.3 Å². The highest BCUT2D eigenvalue weighted by molar-refractivity contribution is 7.18. The van der Waals surface area contributed by atoms with Gasteiger partial charge in [-0.25, -0.2) is 4.98 Å². The van der Waals surface area contributed by atoms with Gasteiger partial charge in [-0.05, 0) is 31.5 Å². The molecule has 2 atom stereocenters. The van der Waals surface area contributed by atoms with Crippen molar-refractivity contribution in [2.45, 2.75) is 25.9 Å². The molecule has 3 rings (SSSR count). The second kappa shape index (κ2) is 5.73. The number of hydrogen-bond donors (Lipinski definition) is 1. The molecule has 0 fully saturated rings. The van der Waals surface area contributed by atoms with E-state index < -0.39 is 0 Å². The van der Waals surface area contributed by atoms with Crippen LogP contribution in [0, 0.1) is 0 Å². The maximum absolute atomic E-state index is 4.72. The topological polar surface area (TPSA) is 24.9 Å². The van der Waals surface area contributed by atoms with Crippen LogP contribution < -0.4 is 5.32 Å². The average Bonchev–Trinajstić information content (AvgIpc) is 2.92. The monoisotopic (exact) mass is 282 g/mol. The van der Waals surface area contributed by atoms with Crippen LogP contribution >= 0.6 is 11.3 Å². The Kier molecular flexibility index (Phi) is 3.81. The third-order valence-electron chi connectivity index (χ3n) is 3.48. The molecule has 0 aliphatic rings. The van der Waals surface area contributed by atoms with Crippen LogP contribution in [0.25, 0.3) is 10.2 Å². The second-order valence-corrected chi connectivity index (χ2v) is 6.10. The fourth-order valence-electron chi connectivity index (χ4n) is 2.36. The summed E-state index contributed by atoms with van der Waals surface area (Å²) in [6, 6.07) is 19.4. The number of para-hydroxylation sites is 1. The number of benzene rings is 2. The minimum atomic E-state index is 0.252. The Hall–Kier alpha value is -1.71. The molecule has 0 radical (unpaired) electrons. The molecule has 102 valence electrons. The Bertz CT molecular complexity index is 657. The lowest BCUT2D eigenvalue weighted by Gasteiger charge is -2.18. The molecular weight excluding hydrogens is 264 g/mol. The quantitative estimate of drug-likeness (QED) is 0.749. The molecule has 0 saturated carbocycles. The Labute approximate surface area is 123 Å². The van der Waals surface area contributed by atoms with Crippen LogP contribution in [0.15, 0.2) is 54.6 Å². The average molecular weight is 282 g/mol. The van der Waals surface area contributed by atoms with E-state index in [1.54, 1.807) is 11.3 Å². The number of fused-ring (bicyclic) bond motifs is 1. The predicted octanol–water partition coefficient (Wildman–Crippen LogP) is 4.71. The summed E-state index contributed by atoms with van der Waals surface area (Å²) < 4.78 is 1.25. The van der Waals surface area contributed by atoms with E-state index in [0.29, 0.717) is 6.04 Å². The lowest BCUT2D eigenvalue weighted by molar-refractivity contribution is 0.493. The van der Waals surface area contributed by atoms with Crippen molar-refractivity contribution in [3.8, 4) is 0 Å². The van der Waals surface area contributed by atoms with Crippen molar-refractivity contribution in [3.05, 3.63) is 65.2 Å². The number of hydrogen-bond acceptors (Lipinski definition) is 3. The van der Waals surface area contributed by atoms with Gasteiger partial charge in [-0.1, -0.05) is 42.5 Å². The molecule has 2 aromatic carbocycles. The standard InChI is InChI=1S/C17H18N2S/c1-12(14-8-4-3-5-9-14)18-13(2)17-19-15-10-6-7-11-16(15)20-17/h3-13,18H,1-2H3/t12-,13?/m0/s1. The van der Waals surface area contributed by atoms with Gasteiger partial charge in [-0.2, -0.15) is 0 Å². The fourth-order valence-corrected chi connectivity index (χ4v) is 3.34. The van der Waals surface area contributed by atoms with Gasteiger partial charge in [0.2, 0.25) is 0 Å². The molecule has 0 aliphatic carbocycles. The highest BCUT2D eigenvalue weighted by atomic mass is 32.1. The van der Waals surface area contributed by atoms with Crippen LogP contribution in [0.2, 0.25) is 0 Å². The molecule has 1 N–H and O–H groups in total. The Morgan fingerprint density at radius 2 is 1.60 bits per heavy atom. The zero-order valence-electron chi connectivity index (χ0n) is 11.7. The summed E-state index contributed by atoms with van der Waals surface area (Å²) in [6.45, 7) is 4.37. The van der Waals surface area contributed by atoms with Gasteiger partial charge in [-0.15, -0.1) is 11.3 Å². The molecule has 0 spiro atoms. The first-order valence-corrected chi connectivity index (χ1v) is 7.72. The van der Waals surface area contributed by atoms with Crippen LogP contribution in [-0.4, -0.2) is 4.98 Å². The predicted molar refractivity (Wildman–Crippen MR) is 86.0 cm³/mol. The minimum Gasteiger partial charge on any atom is -0.302 e. The molecule has 0 aliphatic heterocycles. The van der Waals surface area contributed by atoms with Gasteiger partial charge < -0.3 is 5.32 Å². The number of nitrogens with zero attached hydrogens (tertiary/aromatic N) is 1. The summed E-state index contributed by atoms with van der Waals surface area (Å²) >= 11 is 1.77. The van der Waals surface area contributed by atoms with Crippen LogP contribution in [0.5, 0.6) is 0 Å². The van der Waals surface area contributed by atoms with E-state index >= 15 is 0 Å². The Morgan fingerprint density at radius 1 is 0.900 bits per heavy atom. The first-order valence-electron chi connectivity index (χ1n) is 6.90. The van der Waals surface area contributed by atoms with E-state index in [9.17, 15) is 0 Å². The molecule has 0 bridgehead atoms. The van der Waals surface area contributed by atoms with Gasteiger partial charge in [0.15, 0.2) is 0 Å². The van der Waals surface area contributed by atoms with Crippen molar-refractivity contribution in [1.29, 1.82) is 0 Å². The lowest BCUT2D eigenvalue weighted by Crippen LogP contribution is -2.22. The number of aromatic nitrogens is 1. The molecule has 1 aromatic heterocycles. The highest BCUT2D eigenvalue weighted by Gasteiger charge is 2.14. The fraction of sp³-hybridized carbons (Fsp3) is 0.235. The normalized spacial score (nSPS) is 14.3. The Morgan fingerprint density at radius 3 is 2.35 bits per heavy atom. The van der Waals surface area contributed by atoms with E-state index in [-0.39, 0.29) is 6.04 Å². The molecule has 3 aromatic rings. The molecule has 20 heavy (non-hydrogen) atoms. The zero-order valence-corrected chi connectivity index (χ0v) is 12.5. The van der Waals surface area contributed by atoms with Crippen molar-refractivity contribution >= 4 is 21.6 Å². The van der Waals surface area contributed by atoms with E-state index in [0.717, 1.165) is 10.5 Å². The van der Waals surface area contributed by atoms with Gasteiger partial charge in [0.05, 0.1) is 16.3 Å². The summed E-state index contributed by atoms with van der Waals surface area (Å²) in [5, 5.41) is 4.77. The molecular formula is C17H18N2S. The van der Waals surface area contributed by atoms with Crippen LogP contribution in [0.4, 0.5) is 0 Å².